The van der Waals surface area contributed by atoms with Crippen LogP contribution in [0.2, 0.25) is 0 Å². The van der Waals surface area contributed by atoms with Gasteiger partial charge in [0.15, 0.2) is 5.13 Å². The smallest absolute Gasteiger partial charge is 0.335 e. The minimum absolute atomic E-state index is 0.0274. The number of aryl methyl sites for hydroxylation is 1. The Morgan fingerprint density at radius 1 is 1.07 bits per heavy atom. The Bertz CT molecular complexity index is 1590. The number of nitrogens with zero attached hydrogens (tertiary/aromatic N) is 4. The number of rotatable bonds is 11. The molecule has 1 atom stereocenters. The van der Waals surface area contributed by atoms with Crippen LogP contribution in [-0.2, 0) is 12.2 Å². The summed E-state index contributed by atoms with van der Waals surface area (Å²) in [4.78, 5) is 19.9. The Morgan fingerprint density at radius 3 is 2.40 bits per heavy atom. The first kappa shape index (κ1) is 28.5. The SMILES string of the molecule is N#Cc1c(N)nc(SCc2csc(Nc3ccc(C(=O)O)cc3)n2)c(C#N)c1-c1ccc(CCC(O)CO)cc1. The Morgan fingerprint density at radius 2 is 1.77 bits per heavy atom. The minimum Gasteiger partial charge on any atom is -0.478 e. The third-order valence-electron chi connectivity index (χ3n) is 5.93. The van der Waals surface area contributed by atoms with E-state index in [4.69, 9.17) is 15.9 Å². The molecule has 2 heterocycles. The molecule has 0 spiro atoms. The Kier molecular flexibility index (Phi) is 9.32. The highest BCUT2D eigenvalue weighted by Crippen LogP contribution is 2.37. The van der Waals surface area contributed by atoms with Gasteiger partial charge in [-0.15, -0.1) is 11.3 Å². The van der Waals surface area contributed by atoms with Crippen molar-refractivity contribution in [2.75, 3.05) is 17.7 Å². The lowest BCUT2D eigenvalue weighted by Crippen LogP contribution is -2.12. The number of thioether (sulfide) groups is 1. The largest absolute Gasteiger partial charge is 0.478 e. The number of aromatic nitrogens is 2. The molecular weight excluding hydrogens is 548 g/mol. The summed E-state index contributed by atoms with van der Waals surface area (Å²) in [5.74, 6) is -0.571. The topological polar surface area (TPSA) is 189 Å². The van der Waals surface area contributed by atoms with Crippen molar-refractivity contribution in [2.24, 2.45) is 0 Å². The van der Waals surface area contributed by atoms with Crippen molar-refractivity contribution in [3.05, 3.63) is 81.9 Å². The molecule has 10 nitrogen and oxygen atoms in total. The number of anilines is 3. The highest BCUT2D eigenvalue weighted by atomic mass is 32.2. The maximum absolute atomic E-state index is 11.0. The molecule has 40 heavy (non-hydrogen) atoms. The zero-order valence-corrected chi connectivity index (χ0v) is 22.7. The van der Waals surface area contributed by atoms with Crippen LogP contribution in [-0.4, -0.2) is 44.0 Å². The number of hydrogen-bond donors (Lipinski definition) is 5. The second-order valence-electron chi connectivity index (χ2n) is 8.66. The van der Waals surface area contributed by atoms with Gasteiger partial charge in [0, 0.05) is 22.4 Å². The monoisotopic (exact) mass is 572 g/mol. The molecular formula is C28H24N6O4S2. The van der Waals surface area contributed by atoms with E-state index in [-0.39, 0.29) is 29.1 Å². The van der Waals surface area contributed by atoms with Crippen LogP contribution in [0.15, 0.2) is 58.9 Å². The first-order valence-corrected chi connectivity index (χ1v) is 13.9. The van der Waals surface area contributed by atoms with Gasteiger partial charge in [0.25, 0.3) is 0 Å². The number of aliphatic hydroxyl groups is 2. The van der Waals surface area contributed by atoms with Gasteiger partial charge in [-0.05, 0) is 48.2 Å². The van der Waals surface area contributed by atoms with Crippen molar-refractivity contribution in [1.29, 1.82) is 10.5 Å². The number of nitriles is 2. The van der Waals surface area contributed by atoms with Gasteiger partial charge in [0.2, 0.25) is 0 Å². The normalized spacial score (nSPS) is 11.4. The van der Waals surface area contributed by atoms with Gasteiger partial charge in [-0.1, -0.05) is 36.0 Å². The summed E-state index contributed by atoms with van der Waals surface area (Å²) in [7, 11) is 0. The fourth-order valence-corrected chi connectivity index (χ4v) is 5.57. The molecule has 0 saturated heterocycles. The Balaban J connectivity index is 1.53. The van der Waals surface area contributed by atoms with Crippen molar-refractivity contribution in [1.82, 2.24) is 9.97 Å². The number of hydrogen-bond acceptors (Lipinski definition) is 11. The number of aromatic carboxylic acids is 1. The summed E-state index contributed by atoms with van der Waals surface area (Å²) in [6.07, 6.45) is 0.191. The van der Waals surface area contributed by atoms with Gasteiger partial charge in [0.05, 0.1) is 29.5 Å². The number of nitrogens with two attached hydrogens (primary N) is 1. The van der Waals surface area contributed by atoms with Gasteiger partial charge in [-0.25, -0.2) is 14.8 Å². The summed E-state index contributed by atoms with van der Waals surface area (Å²) in [5.41, 5.74) is 10.1. The van der Waals surface area contributed by atoms with Crippen LogP contribution in [0, 0.1) is 22.7 Å². The molecule has 0 aliphatic carbocycles. The van der Waals surface area contributed by atoms with E-state index in [0.29, 0.717) is 45.6 Å². The number of aliphatic hydroxyl groups excluding tert-OH is 2. The summed E-state index contributed by atoms with van der Waals surface area (Å²) in [6.45, 7) is -0.299. The zero-order chi connectivity index (χ0) is 28.6. The molecule has 2 aromatic heterocycles. The van der Waals surface area contributed by atoms with E-state index < -0.39 is 12.1 Å². The summed E-state index contributed by atoms with van der Waals surface area (Å²) < 4.78 is 0. The first-order chi connectivity index (χ1) is 19.3. The molecule has 0 fully saturated rings. The number of nitrogens with one attached hydrogen (secondary N) is 1. The van der Waals surface area contributed by atoms with E-state index >= 15 is 0 Å². The maximum Gasteiger partial charge on any atom is 0.335 e. The fraction of sp³-hybridized carbons (Fsp3) is 0.179. The third kappa shape index (κ3) is 6.75. The molecule has 0 amide bonds. The zero-order valence-electron chi connectivity index (χ0n) is 21.0. The molecule has 0 aliphatic heterocycles. The van der Waals surface area contributed by atoms with Crippen LogP contribution in [0.1, 0.15) is 39.2 Å². The number of benzene rings is 2. The number of carbonyl (C=O) groups is 1. The van der Waals surface area contributed by atoms with Crippen molar-refractivity contribution in [2.45, 2.75) is 29.7 Å². The van der Waals surface area contributed by atoms with Crippen LogP contribution >= 0.6 is 23.1 Å². The second kappa shape index (κ2) is 13.1. The number of carboxylic acid groups (broad SMARTS) is 1. The van der Waals surface area contributed by atoms with Crippen molar-refractivity contribution < 1.29 is 20.1 Å². The van der Waals surface area contributed by atoms with E-state index in [1.54, 1.807) is 24.3 Å². The lowest BCUT2D eigenvalue weighted by atomic mass is 9.95. The van der Waals surface area contributed by atoms with Crippen LogP contribution < -0.4 is 11.1 Å². The van der Waals surface area contributed by atoms with Crippen LogP contribution in [0.3, 0.4) is 0 Å². The third-order valence-corrected chi connectivity index (χ3v) is 7.74. The van der Waals surface area contributed by atoms with E-state index in [0.717, 1.165) is 11.3 Å². The molecule has 0 radical (unpaired) electrons. The average Bonchev–Trinajstić information content (AvgIpc) is 3.42. The van der Waals surface area contributed by atoms with Crippen LogP contribution in [0.4, 0.5) is 16.6 Å². The van der Waals surface area contributed by atoms with Crippen LogP contribution in [0.5, 0.6) is 0 Å². The maximum atomic E-state index is 11.0. The van der Waals surface area contributed by atoms with E-state index in [2.05, 4.69) is 27.4 Å². The standard InChI is InChI=1S/C28H24N6O4S2/c29-11-22-24(17-4-1-16(2-5-17)3-10-21(36)13-35)23(12-30)26(34-25(22)31)39-14-20-15-40-28(33-20)32-19-8-6-18(7-9-19)27(37)38/h1-2,4-9,15,21,35-36H,3,10,13-14H2,(H2,31,34)(H,32,33)(H,37,38). The van der Waals surface area contributed by atoms with E-state index in [1.807, 2.05) is 17.5 Å². The predicted molar refractivity (Wildman–Crippen MR) is 153 cm³/mol. The van der Waals surface area contributed by atoms with E-state index in [9.17, 15) is 20.4 Å². The second-order valence-corrected chi connectivity index (χ2v) is 10.5. The van der Waals surface area contributed by atoms with Crippen molar-refractivity contribution >= 4 is 45.7 Å². The number of thiazole rings is 1. The van der Waals surface area contributed by atoms with E-state index in [1.165, 1.54) is 35.2 Å². The van der Waals surface area contributed by atoms with Gasteiger partial charge >= 0.3 is 5.97 Å². The molecule has 4 rings (SSSR count). The average molecular weight is 573 g/mol. The molecule has 2 aromatic carbocycles. The Hall–Kier alpha value is -4.46. The van der Waals surface area contributed by atoms with Crippen molar-refractivity contribution in [3.8, 4) is 23.3 Å². The molecule has 1 unspecified atom stereocenters. The summed E-state index contributed by atoms with van der Waals surface area (Å²) in [6, 6.07) is 17.9. The number of pyridine rings is 1. The number of carboxylic acids is 1. The quantitative estimate of drug-likeness (QED) is 0.159. The predicted octanol–water partition coefficient (Wildman–Crippen LogP) is 4.55. The van der Waals surface area contributed by atoms with Crippen LogP contribution in [0.25, 0.3) is 11.1 Å². The number of nitrogen functional groups attached to an aromatic ring is 1. The molecule has 12 heteroatoms. The van der Waals surface area contributed by atoms with Gasteiger partial charge < -0.3 is 26.4 Å². The molecule has 4 aromatic rings. The lowest BCUT2D eigenvalue weighted by Gasteiger charge is -2.13. The Labute approximate surface area is 238 Å². The minimum atomic E-state index is -0.996. The highest BCUT2D eigenvalue weighted by molar-refractivity contribution is 7.98. The van der Waals surface area contributed by atoms with Crippen molar-refractivity contribution in [3.63, 3.8) is 0 Å². The van der Waals surface area contributed by atoms with Gasteiger partial charge in [-0.3, -0.25) is 0 Å². The fourth-order valence-electron chi connectivity index (χ4n) is 3.85. The molecule has 0 aliphatic rings. The molecule has 202 valence electrons. The summed E-state index contributed by atoms with van der Waals surface area (Å²) in [5, 5.41) is 53.5. The van der Waals surface area contributed by atoms with Gasteiger partial charge in [-0.2, -0.15) is 10.5 Å². The molecule has 0 saturated carbocycles. The highest BCUT2D eigenvalue weighted by Gasteiger charge is 2.21. The lowest BCUT2D eigenvalue weighted by molar-refractivity contribution is 0.0697. The summed E-state index contributed by atoms with van der Waals surface area (Å²) >= 11 is 2.67. The molecule has 6 N–H and O–H groups in total. The molecule has 0 bridgehead atoms. The van der Waals surface area contributed by atoms with Gasteiger partial charge in [0.1, 0.15) is 28.5 Å². The first-order valence-electron chi connectivity index (χ1n) is 12.0.